The number of carbonyl (C=O) groups excluding carboxylic acids is 2. The third-order valence-electron chi connectivity index (χ3n) is 6.78. The number of primary amides is 1. The number of piperidine rings is 1. The summed E-state index contributed by atoms with van der Waals surface area (Å²) in [6.07, 6.45) is 6.74. The Balaban J connectivity index is 1.17. The van der Waals surface area contributed by atoms with Gasteiger partial charge in [-0.15, -0.1) is 0 Å². The van der Waals surface area contributed by atoms with Gasteiger partial charge in [0.05, 0.1) is 22.8 Å². The summed E-state index contributed by atoms with van der Waals surface area (Å²) in [7, 11) is 0. The minimum atomic E-state index is -0.556. The van der Waals surface area contributed by atoms with E-state index in [1.165, 1.54) is 44.1 Å². The molecule has 0 radical (unpaired) electrons. The molecule has 2 amide bonds. The SMILES string of the molecule is NC(=O)c1ccccc1Oc1ccc(/C=C2\SC(=S)N(c3ccc(OCCCN4CCCCC4)cc3)C2=O)cc1. The number of benzene rings is 3. The molecule has 2 heterocycles. The zero-order valence-corrected chi connectivity index (χ0v) is 23.7. The van der Waals surface area contributed by atoms with E-state index in [1.807, 2.05) is 36.4 Å². The topological polar surface area (TPSA) is 85.1 Å². The molecule has 5 rings (SSSR count). The van der Waals surface area contributed by atoms with Crippen LogP contribution in [0.1, 0.15) is 41.6 Å². The Hall–Kier alpha value is -3.66. The molecule has 0 bridgehead atoms. The summed E-state index contributed by atoms with van der Waals surface area (Å²) in [4.78, 5) is 29.5. The van der Waals surface area contributed by atoms with E-state index in [0.717, 1.165) is 24.3 Å². The maximum atomic E-state index is 13.2. The van der Waals surface area contributed by atoms with Gasteiger partial charge in [-0.25, -0.2) is 0 Å². The second kappa shape index (κ2) is 13.1. The minimum absolute atomic E-state index is 0.166. The van der Waals surface area contributed by atoms with Crippen molar-refractivity contribution >= 4 is 51.9 Å². The molecular formula is C31H31N3O4S2. The number of thioether (sulfide) groups is 1. The number of para-hydroxylation sites is 1. The summed E-state index contributed by atoms with van der Waals surface area (Å²) < 4.78 is 12.2. The van der Waals surface area contributed by atoms with Gasteiger partial charge in [0.2, 0.25) is 0 Å². The maximum Gasteiger partial charge on any atom is 0.270 e. The smallest absolute Gasteiger partial charge is 0.270 e. The highest BCUT2D eigenvalue weighted by molar-refractivity contribution is 8.27. The van der Waals surface area contributed by atoms with Gasteiger partial charge >= 0.3 is 0 Å². The molecule has 2 saturated heterocycles. The van der Waals surface area contributed by atoms with Crippen LogP contribution in [0, 0.1) is 0 Å². The van der Waals surface area contributed by atoms with Crippen molar-refractivity contribution in [3.8, 4) is 17.2 Å². The minimum Gasteiger partial charge on any atom is -0.494 e. The quantitative estimate of drug-likeness (QED) is 0.175. The highest BCUT2D eigenvalue weighted by Crippen LogP contribution is 2.37. The van der Waals surface area contributed by atoms with E-state index in [9.17, 15) is 9.59 Å². The van der Waals surface area contributed by atoms with Crippen LogP contribution in [0.15, 0.2) is 77.7 Å². The van der Waals surface area contributed by atoms with Crippen molar-refractivity contribution in [2.45, 2.75) is 25.7 Å². The van der Waals surface area contributed by atoms with E-state index >= 15 is 0 Å². The van der Waals surface area contributed by atoms with Crippen LogP contribution in [-0.4, -0.2) is 47.3 Å². The molecule has 0 unspecified atom stereocenters. The number of ether oxygens (including phenoxy) is 2. The van der Waals surface area contributed by atoms with E-state index in [1.54, 1.807) is 47.4 Å². The molecular weight excluding hydrogens is 542 g/mol. The van der Waals surface area contributed by atoms with Gasteiger partial charge in [0, 0.05) is 6.54 Å². The normalized spacial score (nSPS) is 16.9. The van der Waals surface area contributed by atoms with Gasteiger partial charge in [-0.3, -0.25) is 14.5 Å². The number of nitrogens with two attached hydrogens (primary N) is 1. The standard InChI is InChI=1S/C31H31N3O4S2/c32-29(35)26-7-2-3-8-27(26)38-25-13-9-22(10-14-25)21-28-30(36)34(31(39)40-28)23-11-15-24(16-12-23)37-20-6-19-33-17-4-1-5-18-33/h2-3,7-16,21H,1,4-6,17-20H2,(H2,32,35)/b28-21-. The molecule has 2 aliphatic rings. The molecule has 7 nitrogen and oxygen atoms in total. The summed E-state index contributed by atoms with van der Waals surface area (Å²) >= 11 is 6.80. The first-order valence-electron chi connectivity index (χ1n) is 13.4. The van der Waals surface area contributed by atoms with Crippen molar-refractivity contribution in [2.24, 2.45) is 5.73 Å². The molecule has 3 aromatic rings. The van der Waals surface area contributed by atoms with Crippen LogP contribution < -0.4 is 20.1 Å². The van der Waals surface area contributed by atoms with Gasteiger partial charge in [0.25, 0.3) is 11.8 Å². The molecule has 2 fully saturated rings. The monoisotopic (exact) mass is 573 g/mol. The molecule has 2 N–H and O–H groups in total. The van der Waals surface area contributed by atoms with E-state index < -0.39 is 5.91 Å². The largest absolute Gasteiger partial charge is 0.494 e. The van der Waals surface area contributed by atoms with Crippen molar-refractivity contribution in [1.82, 2.24) is 4.90 Å². The first-order valence-corrected chi connectivity index (χ1v) is 14.6. The number of amides is 2. The Labute approximate surface area is 243 Å². The van der Waals surface area contributed by atoms with Gasteiger partial charge in [0.15, 0.2) is 4.32 Å². The summed E-state index contributed by atoms with van der Waals surface area (Å²) in [5, 5.41) is 0. The third-order valence-corrected chi connectivity index (χ3v) is 8.09. The lowest BCUT2D eigenvalue weighted by molar-refractivity contribution is -0.113. The highest BCUT2D eigenvalue weighted by Gasteiger charge is 2.33. The number of anilines is 1. The molecule has 0 atom stereocenters. The maximum absolute atomic E-state index is 13.2. The molecule has 0 spiro atoms. The molecule has 0 aromatic heterocycles. The van der Waals surface area contributed by atoms with Crippen LogP contribution >= 0.6 is 24.0 Å². The van der Waals surface area contributed by atoms with E-state index in [4.69, 9.17) is 27.4 Å². The van der Waals surface area contributed by atoms with Crippen molar-refractivity contribution in [2.75, 3.05) is 31.1 Å². The lowest BCUT2D eigenvalue weighted by Gasteiger charge is -2.26. The Morgan fingerprint density at radius 3 is 2.38 bits per heavy atom. The Morgan fingerprint density at radius 2 is 1.65 bits per heavy atom. The van der Waals surface area contributed by atoms with E-state index in [-0.39, 0.29) is 5.91 Å². The Kier molecular flexibility index (Phi) is 9.15. The van der Waals surface area contributed by atoms with Gasteiger partial charge < -0.3 is 20.1 Å². The number of likely N-dealkylation sites (tertiary alicyclic amines) is 1. The lowest BCUT2D eigenvalue weighted by atomic mass is 10.1. The number of hydrogen-bond acceptors (Lipinski definition) is 7. The second-order valence-corrected chi connectivity index (χ2v) is 11.3. The molecule has 2 aliphatic heterocycles. The van der Waals surface area contributed by atoms with Gasteiger partial charge in [-0.1, -0.05) is 54.7 Å². The number of rotatable bonds is 10. The van der Waals surface area contributed by atoms with Gasteiger partial charge in [-0.2, -0.15) is 0 Å². The average Bonchev–Trinajstić information content (AvgIpc) is 3.25. The average molecular weight is 574 g/mol. The zero-order chi connectivity index (χ0) is 27.9. The lowest BCUT2D eigenvalue weighted by Crippen LogP contribution is -2.31. The first kappa shape index (κ1) is 27.9. The van der Waals surface area contributed by atoms with E-state index in [0.29, 0.717) is 38.6 Å². The zero-order valence-electron chi connectivity index (χ0n) is 22.1. The number of hydrogen-bond donors (Lipinski definition) is 1. The first-order chi connectivity index (χ1) is 19.5. The van der Waals surface area contributed by atoms with Gasteiger partial charge in [0.1, 0.15) is 17.2 Å². The van der Waals surface area contributed by atoms with Crippen LogP contribution in [0.5, 0.6) is 17.2 Å². The molecule has 9 heteroatoms. The summed E-state index contributed by atoms with van der Waals surface area (Å²) in [6, 6.07) is 21.5. The summed E-state index contributed by atoms with van der Waals surface area (Å²) in [6.45, 7) is 4.13. The molecule has 0 saturated carbocycles. The fourth-order valence-corrected chi connectivity index (χ4v) is 6.01. The van der Waals surface area contributed by atoms with Crippen molar-refractivity contribution in [3.05, 3.63) is 88.8 Å². The van der Waals surface area contributed by atoms with Crippen LogP contribution in [0.3, 0.4) is 0 Å². The number of carbonyl (C=O) groups is 2. The van der Waals surface area contributed by atoms with Gasteiger partial charge in [-0.05, 0) is 92.5 Å². The third kappa shape index (κ3) is 6.91. The Bertz CT molecular complexity index is 1400. The Morgan fingerprint density at radius 1 is 0.950 bits per heavy atom. The van der Waals surface area contributed by atoms with Crippen LogP contribution in [0.4, 0.5) is 5.69 Å². The number of nitrogens with zero attached hydrogens (tertiary/aromatic N) is 2. The van der Waals surface area contributed by atoms with Crippen molar-refractivity contribution in [1.29, 1.82) is 0 Å². The molecule has 40 heavy (non-hydrogen) atoms. The summed E-state index contributed by atoms with van der Waals surface area (Å²) in [5.41, 5.74) is 7.28. The molecule has 206 valence electrons. The summed E-state index contributed by atoms with van der Waals surface area (Å²) in [5.74, 6) is 0.995. The van der Waals surface area contributed by atoms with Crippen LogP contribution in [-0.2, 0) is 4.79 Å². The fourth-order valence-electron chi connectivity index (χ4n) is 4.71. The highest BCUT2D eigenvalue weighted by atomic mass is 32.2. The van der Waals surface area contributed by atoms with Crippen molar-refractivity contribution in [3.63, 3.8) is 0 Å². The van der Waals surface area contributed by atoms with Crippen molar-refractivity contribution < 1.29 is 19.1 Å². The predicted octanol–water partition coefficient (Wildman–Crippen LogP) is 6.24. The van der Waals surface area contributed by atoms with Crippen LogP contribution in [0.25, 0.3) is 6.08 Å². The molecule has 3 aromatic carbocycles. The van der Waals surface area contributed by atoms with E-state index in [2.05, 4.69) is 4.90 Å². The number of thiocarbonyl (C=S) groups is 1. The molecule has 0 aliphatic carbocycles. The fraction of sp³-hybridized carbons (Fsp3) is 0.258. The van der Waals surface area contributed by atoms with Crippen LogP contribution in [0.2, 0.25) is 0 Å². The predicted molar refractivity (Wildman–Crippen MR) is 164 cm³/mol. The second-order valence-electron chi connectivity index (χ2n) is 9.65.